The van der Waals surface area contributed by atoms with Gasteiger partial charge in [-0.05, 0) is 29.5 Å². The molecule has 0 heterocycles. The van der Waals surface area contributed by atoms with Crippen molar-refractivity contribution in [3.05, 3.63) is 0 Å². The molecule has 0 aliphatic heterocycles. The van der Waals surface area contributed by atoms with Crippen LogP contribution in [0.25, 0.3) is 0 Å². The number of rotatable bonds is 2. The van der Waals surface area contributed by atoms with Gasteiger partial charge >= 0.3 is 8.25 Å². The molecule has 4 nitrogen and oxygen atoms in total. The van der Waals surface area contributed by atoms with Crippen LogP contribution in [0.1, 0.15) is 13.8 Å². The molecule has 0 aromatic carbocycles. The van der Waals surface area contributed by atoms with Crippen LogP contribution < -0.4 is 0 Å². The largest absolute Gasteiger partial charge is 0.692 e. The van der Waals surface area contributed by atoms with Gasteiger partial charge < -0.3 is 0 Å². The molecule has 0 rings (SSSR count). The maximum Gasteiger partial charge on any atom is 0.692 e. The van der Waals surface area contributed by atoms with Crippen molar-refractivity contribution in [3.63, 3.8) is 0 Å². The maximum absolute atomic E-state index is 8.70. The Morgan fingerprint density at radius 2 is 1.73 bits per heavy atom. The summed E-state index contributed by atoms with van der Waals surface area (Å²) in [5, 5.41) is 0. The van der Waals surface area contributed by atoms with Gasteiger partial charge in [0, 0.05) is 11.1 Å². The number of nitrogens with zero attached hydrogens (tertiary/aromatic N) is 1. The van der Waals surface area contributed by atoms with E-state index in [1.807, 2.05) is 0 Å². The van der Waals surface area contributed by atoms with Crippen LogP contribution in [-0.4, -0.2) is 20.3 Å². The molecule has 0 fully saturated rings. The smallest absolute Gasteiger partial charge is 0.134 e. The highest BCUT2D eigenvalue weighted by Crippen LogP contribution is 2.03. The van der Waals surface area contributed by atoms with E-state index in [1.165, 1.54) is 0 Å². The summed E-state index contributed by atoms with van der Waals surface area (Å²) < 4.78 is 9.85. The summed E-state index contributed by atoms with van der Waals surface area (Å²) in [6.45, 7) is 4.83. The topological polar surface area (TPSA) is 60.8 Å². The van der Waals surface area contributed by atoms with Gasteiger partial charge in [-0.2, -0.15) is 0 Å². The quantitative estimate of drug-likeness (QED) is 0.554. The summed E-state index contributed by atoms with van der Waals surface area (Å²) >= 11 is 10.5. The van der Waals surface area contributed by atoms with Crippen molar-refractivity contribution in [2.75, 3.05) is 6.54 Å². The third-order valence-electron chi connectivity index (χ3n) is 0.503. The van der Waals surface area contributed by atoms with E-state index in [4.69, 9.17) is 37.9 Å². The first kappa shape index (κ1) is 14.1. The molecule has 2 N–H and O–H groups in total. The zero-order valence-electron chi connectivity index (χ0n) is 6.24. The molecule has 0 radical (unpaired) electrons. The molecular formula is C4H11Cl2NO3P+. The normalized spacial score (nSPS) is 9.45. The van der Waals surface area contributed by atoms with E-state index in [2.05, 4.69) is 13.8 Å². The van der Waals surface area contributed by atoms with Crippen molar-refractivity contribution >= 4 is 31.8 Å². The van der Waals surface area contributed by atoms with Crippen LogP contribution in [0.3, 0.4) is 0 Å². The highest BCUT2D eigenvalue weighted by Gasteiger charge is 1.96. The zero-order valence-corrected chi connectivity index (χ0v) is 8.64. The van der Waals surface area contributed by atoms with Gasteiger partial charge in [0.15, 0.2) is 0 Å². The Kier molecular flexibility index (Phi) is 11.1. The molecular weight excluding hydrogens is 212 g/mol. The highest BCUT2D eigenvalue weighted by molar-refractivity contribution is 7.30. The first-order valence-electron chi connectivity index (χ1n) is 2.80. The van der Waals surface area contributed by atoms with Crippen molar-refractivity contribution in [1.82, 2.24) is 3.94 Å². The molecule has 11 heavy (non-hydrogen) atoms. The molecule has 0 aliphatic rings. The second-order valence-corrected chi connectivity index (χ2v) is 3.63. The highest BCUT2D eigenvalue weighted by atomic mass is 35.5. The van der Waals surface area contributed by atoms with E-state index >= 15 is 0 Å². The van der Waals surface area contributed by atoms with Gasteiger partial charge in [0.1, 0.15) is 0 Å². The van der Waals surface area contributed by atoms with E-state index < -0.39 is 8.25 Å². The first-order chi connectivity index (χ1) is 4.86. The second-order valence-electron chi connectivity index (χ2n) is 2.13. The first-order valence-corrected chi connectivity index (χ1v) is 4.64. The summed E-state index contributed by atoms with van der Waals surface area (Å²) in [6, 6.07) is 0. The van der Waals surface area contributed by atoms with Gasteiger partial charge in [0.05, 0.1) is 0 Å². The Bertz CT molecular complexity index is 102. The predicted molar refractivity (Wildman–Crippen MR) is 45.3 cm³/mol. The fourth-order valence-corrected chi connectivity index (χ4v) is 0.828. The summed E-state index contributed by atoms with van der Waals surface area (Å²) in [7, 11) is -2.87. The van der Waals surface area contributed by atoms with E-state index in [0.29, 0.717) is 5.92 Å². The molecule has 0 atom stereocenters. The van der Waals surface area contributed by atoms with E-state index in [9.17, 15) is 0 Å². The van der Waals surface area contributed by atoms with Gasteiger partial charge in [-0.3, -0.25) is 0 Å². The summed E-state index contributed by atoms with van der Waals surface area (Å²) in [4.78, 5) is 14.2. The Labute approximate surface area is 76.9 Å². The minimum absolute atomic E-state index is 0.537. The minimum Gasteiger partial charge on any atom is -0.134 e. The number of hydrogen-bond donors (Lipinski definition) is 2. The third-order valence-corrected chi connectivity index (χ3v) is 0.779. The van der Waals surface area contributed by atoms with Crippen molar-refractivity contribution in [2.24, 2.45) is 5.92 Å². The molecule has 0 saturated heterocycles. The van der Waals surface area contributed by atoms with Gasteiger partial charge in [0.25, 0.3) is 0 Å². The maximum atomic E-state index is 8.70. The molecule has 0 saturated carbocycles. The van der Waals surface area contributed by atoms with Crippen molar-refractivity contribution in [2.45, 2.75) is 13.8 Å². The lowest BCUT2D eigenvalue weighted by atomic mass is 10.2. The summed E-state index contributed by atoms with van der Waals surface area (Å²) in [5.41, 5.74) is 0. The van der Waals surface area contributed by atoms with Crippen LogP contribution in [0.2, 0.25) is 0 Å². The molecule has 0 aromatic rings. The van der Waals surface area contributed by atoms with Crippen LogP contribution in [0.4, 0.5) is 0 Å². The van der Waals surface area contributed by atoms with Crippen LogP contribution in [0.5, 0.6) is 0 Å². The Hall–Kier alpha value is 0.560. The second kappa shape index (κ2) is 8.65. The minimum atomic E-state index is -2.87. The van der Waals surface area contributed by atoms with Crippen LogP contribution >= 0.6 is 31.8 Å². The monoisotopic (exact) mass is 222 g/mol. The predicted octanol–water partition coefficient (Wildman–Crippen LogP) is 1.88. The van der Waals surface area contributed by atoms with Crippen molar-refractivity contribution < 1.29 is 14.4 Å². The van der Waals surface area contributed by atoms with E-state index in [0.717, 1.165) is 10.5 Å². The zero-order chi connectivity index (χ0) is 9.44. The Morgan fingerprint density at radius 1 is 1.45 bits per heavy atom. The average molecular weight is 223 g/mol. The molecule has 0 aromatic heterocycles. The van der Waals surface area contributed by atoms with Crippen LogP contribution in [0.15, 0.2) is 0 Å². The standard InChI is InChI=1S/C4H9Cl2N.HO3P/c1-4(2)3-7(5)6;1-4(2)3/h4H,3H2,1-2H3;(H-,1,2,3)/p+1. The fourth-order valence-electron chi connectivity index (χ4n) is 0.276. The van der Waals surface area contributed by atoms with Crippen molar-refractivity contribution in [1.29, 1.82) is 0 Å². The fraction of sp³-hybridized carbons (Fsp3) is 1.00. The lowest BCUT2D eigenvalue weighted by Crippen LogP contribution is -2.06. The Morgan fingerprint density at radius 3 is 1.73 bits per heavy atom. The van der Waals surface area contributed by atoms with Gasteiger partial charge in [-0.25, -0.2) is 0 Å². The molecule has 0 bridgehead atoms. The lowest BCUT2D eigenvalue weighted by Gasteiger charge is -2.04. The van der Waals surface area contributed by atoms with Gasteiger partial charge in [0.2, 0.25) is 0 Å². The molecule has 7 heteroatoms. The SMILES string of the molecule is CC(C)CN(Cl)Cl.O=[P+](O)O. The average Bonchev–Trinajstić information content (AvgIpc) is 1.56. The van der Waals surface area contributed by atoms with Crippen molar-refractivity contribution in [3.8, 4) is 0 Å². The molecule has 0 spiro atoms. The third kappa shape index (κ3) is 37.2. The van der Waals surface area contributed by atoms with Crippen LogP contribution in [0, 0.1) is 5.92 Å². The van der Waals surface area contributed by atoms with Crippen LogP contribution in [-0.2, 0) is 4.57 Å². The molecule has 0 unspecified atom stereocenters. The van der Waals surface area contributed by atoms with Gasteiger partial charge in [-0.15, -0.1) is 13.7 Å². The number of hydrogen-bond acceptors (Lipinski definition) is 2. The lowest BCUT2D eigenvalue weighted by molar-refractivity contribution is 0.405. The Balaban J connectivity index is 0. The molecule has 0 amide bonds. The van der Waals surface area contributed by atoms with Gasteiger partial charge in [-0.1, -0.05) is 13.8 Å². The molecule has 0 aliphatic carbocycles. The number of halogens is 2. The summed E-state index contributed by atoms with van der Waals surface area (Å²) in [6.07, 6.45) is 0. The molecule has 68 valence electrons. The summed E-state index contributed by atoms with van der Waals surface area (Å²) in [5.74, 6) is 0.537. The van der Waals surface area contributed by atoms with E-state index in [1.54, 1.807) is 0 Å². The van der Waals surface area contributed by atoms with E-state index in [-0.39, 0.29) is 0 Å².